The molecule has 0 amide bonds. The lowest BCUT2D eigenvalue weighted by Gasteiger charge is -2.04. The van der Waals surface area contributed by atoms with Gasteiger partial charge >= 0.3 is 0 Å². The molecule has 2 heteroatoms. The quantitative estimate of drug-likeness (QED) is 0.731. The molecule has 1 rings (SSSR count). The van der Waals surface area contributed by atoms with Crippen LogP contribution in [-0.2, 0) is 11.3 Å². The smallest absolute Gasteiger partial charge is 0.0590 e. The molecule has 0 atom stereocenters. The molecular weight excluding hydrogens is 210 g/mol. The van der Waals surface area contributed by atoms with Crippen molar-refractivity contribution in [2.75, 3.05) is 19.8 Å². The van der Waals surface area contributed by atoms with Crippen LogP contribution in [0.25, 0.3) is 0 Å². The predicted octanol–water partition coefficient (Wildman–Crippen LogP) is 3.62. The normalized spacial score (nSPS) is 9.59. The fourth-order valence-electron chi connectivity index (χ4n) is 1.12. The number of ether oxygens (including phenoxy) is 1. The lowest BCUT2D eigenvalue weighted by Crippen LogP contribution is -2.19. The van der Waals surface area contributed by atoms with E-state index in [9.17, 15) is 0 Å². The summed E-state index contributed by atoms with van der Waals surface area (Å²) >= 11 is 0. The first-order valence-electron chi connectivity index (χ1n) is 6.67. The highest BCUT2D eigenvalue weighted by Crippen LogP contribution is 1.96. The van der Waals surface area contributed by atoms with Crippen LogP contribution >= 0.6 is 0 Å². The van der Waals surface area contributed by atoms with E-state index < -0.39 is 0 Å². The highest BCUT2D eigenvalue weighted by Gasteiger charge is 1.89. The van der Waals surface area contributed by atoms with E-state index in [1.54, 1.807) is 0 Å². The Morgan fingerprint density at radius 1 is 1.00 bits per heavy atom. The minimum Gasteiger partial charge on any atom is -0.380 e. The maximum atomic E-state index is 5.21. The fraction of sp³-hybridized carbons (Fsp3) is 0.600. The van der Waals surface area contributed by atoms with Gasteiger partial charge in [-0.3, -0.25) is 0 Å². The lowest BCUT2D eigenvalue weighted by molar-refractivity contribution is 0.149. The Labute approximate surface area is 106 Å². The molecule has 98 valence electrons. The van der Waals surface area contributed by atoms with Gasteiger partial charge in [0.2, 0.25) is 0 Å². The monoisotopic (exact) mass is 237 g/mol. The number of hydrogen-bond acceptors (Lipinski definition) is 2. The van der Waals surface area contributed by atoms with Crippen molar-refractivity contribution < 1.29 is 4.74 Å². The van der Waals surface area contributed by atoms with E-state index in [2.05, 4.69) is 43.4 Å². The van der Waals surface area contributed by atoms with Crippen molar-refractivity contribution in [1.29, 1.82) is 0 Å². The number of hydrogen-bond donors (Lipinski definition) is 1. The van der Waals surface area contributed by atoms with Crippen LogP contribution in [0.1, 0.15) is 39.2 Å². The second-order valence-corrected chi connectivity index (χ2v) is 3.86. The summed E-state index contributed by atoms with van der Waals surface area (Å²) in [7, 11) is 0. The van der Waals surface area contributed by atoms with Crippen molar-refractivity contribution in [3.8, 4) is 0 Å². The predicted molar refractivity (Wildman–Crippen MR) is 75.2 cm³/mol. The van der Waals surface area contributed by atoms with Crippen LogP contribution in [0, 0.1) is 0 Å². The highest BCUT2D eigenvalue weighted by molar-refractivity contribution is 5.14. The zero-order chi connectivity index (χ0) is 12.8. The van der Waals surface area contributed by atoms with E-state index in [4.69, 9.17) is 4.74 Å². The number of benzene rings is 1. The highest BCUT2D eigenvalue weighted by atomic mass is 16.5. The van der Waals surface area contributed by atoms with Crippen molar-refractivity contribution in [1.82, 2.24) is 5.32 Å². The van der Waals surface area contributed by atoms with Crippen LogP contribution in [0.3, 0.4) is 0 Å². The van der Waals surface area contributed by atoms with Gasteiger partial charge in [0.1, 0.15) is 0 Å². The van der Waals surface area contributed by atoms with Gasteiger partial charge in [0.15, 0.2) is 0 Å². The second kappa shape index (κ2) is 13.2. The Morgan fingerprint density at radius 3 is 2.18 bits per heavy atom. The van der Waals surface area contributed by atoms with E-state index in [0.717, 1.165) is 26.3 Å². The molecule has 0 saturated carbocycles. The summed E-state index contributed by atoms with van der Waals surface area (Å²) in [4.78, 5) is 0. The average molecular weight is 237 g/mol. The molecular formula is C15H27NO. The standard InChI is InChI=1S/C11H17NO.C4H10/c1-2-13-9-8-12-10-11-6-4-3-5-7-11;1-3-4-2/h3-7,12H,2,8-10H2,1H3;3-4H2,1-2H3. The molecule has 0 unspecified atom stereocenters. The molecule has 0 aliphatic heterocycles. The summed E-state index contributed by atoms with van der Waals surface area (Å²) in [6.07, 6.45) is 2.64. The van der Waals surface area contributed by atoms with Gasteiger partial charge in [-0.1, -0.05) is 57.0 Å². The van der Waals surface area contributed by atoms with Gasteiger partial charge in [0, 0.05) is 19.7 Å². The Bertz CT molecular complexity index is 234. The van der Waals surface area contributed by atoms with Crippen LogP contribution in [0.5, 0.6) is 0 Å². The lowest BCUT2D eigenvalue weighted by atomic mass is 10.2. The average Bonchev–Trinajstić information content (AvgIpc) is 2.40. The first kappa shape index (κ1) is 16.1. The molecule has 0 bridgehead atoms. The van der Waals surface area contributed by atoms with Crippen LogP contribution < -0.4 is 5.32 Å². The van der Waals surface area contributed by atoms with E-state index in [1.807, 2.05) is 13.0 Å². The molecule has 1 aromatic carbocycles. The molecule has 0 heterocycles. The first-order valence-corrected chi connectivity index (χ1v) is 6.67. The molecule has 2 nitrogen and oxygen atoms in total. The molecule has 0 saturated heterocycles. The molecule has 17 heavy (non-hydrogen) atoms. The van der Waals surface area contributed by atoms with Crippen LogP contribution in [0.15, 0.2) is 30.3 Å². The van der Waals surface area contributed by atoms with E-state index in [1.165, 1.54) is 18.4 Å². The molecule has 0 radical (unpaired) electrons. The fourth-order valence-corrected chi connectivity index (χ4v) is 1.12. The Kier molecular flexibility index (Phi) is 12.5. The molecule has 0 fully saturated rings. The number of unbranched alkanes of at least 4 members (excludes halogenated alkanes) is 1. The van der Waals surface area contributed by atoms with E-state index in [0.29, 0.717) is 0 Å². The second-order valence-electron chi connectivity index (χ2n) is 3.86. The summed E-state index contributed by atoms with van der Waals surface area (Å²) in [5, 5.41) is 3.31. The summed E-state index contributed by atoms with van der Waals surface area (Å²) in [6, 6.07) is 10.4. The van der Waals surface area contributed by atoms with Gasteiger partial charge in [-0.15, -0.1) is 0 Å². The van der Waals surface area contributed by atoms with Crippen molar-refractivity contribution >= 4 is 0 Å². The van der Waals surface area contributed by atoms with Crippen LogP contribution in [0.2, 0.25) is 0 Å². The maximum Gasteiger partial charge on any atom is 0.0590 e. The van der Waals surface area contributed by atoms with Crippen molar-refractivity contribution in [3.63, 3.8) is 0 Å². The zero-order valence-electron chi connectivity index (χ0n) is 11.5. The Balaban J connectivity index is 0.000000557. The van der Waals surface area contributed by atoms with Gasteiger partial charge in [-0.25, -0.2) is 0 Å². The van der Waals surface area contributed by atoms with Gasteiger partial charge in [-0.05, 0) is 12.5 Å². The van der Waals surface area contributed by atoms with Crippen molar-refractivity contribution in [3.05, 3.63) is 35.9 Å². The minimum absolute atomic E-state index is 0.795. The summed E-state index contributed by atoms with van der Waals surface area (Å²) in [5.41, 5.74) is 1.32. The van der Waals surface area contributed by atoms with Gasteiger partial charge in [0.25, 0.3) is 0 Å². The van der Waals surface area contributed by atoms with Crippen molar-refractivity contribution in [2.24, 2.45) is 0 Å². The molecule has 1 N–H and O–H groups in total. The van der Waals surface area contributed by atoms with Crippen LogP contribution in [0.4, 0.5) is 0 Å². The zero-order valence-corrected chi connectivity index (χ0v) is 11.5. The van der Waals surface area contributed by atoms with Gasteiger partial charge < -0.3 is 10.1 Å². The van der Waals surface area contributed by atoms with E-state index >= 15 is 0 Å². The van der Waals surface area contributed by atoms with Crippen molar-refractivity contribution in [2.45, 2.75) is 40.2 Å². The minimum atomic E-state index is 0.795. The number of nitrogens with one attached hydrogen (secondary N) is 1. The molecule has 0 spiro atoms. The van der Waals surface area contributed by atoms with Crippen LogP contribution in [-0.4, -0.2) is 19.8 Å². The summed E-state index contributed by atoms with van der Waals surface area (Å²) in [5.74, 6) is 0. The number of rotatable bonds is 7. The van der Waals surface area contributed by atoms with Gasteiger partial charge in [0.05, 0.1) is 6.61 Å². The molecule has 0 aliphatic carbocycles. The third-order valence-electron chi connectivity index (χ3n) is 2.30. The topological polar surface area (TPSA) is 21.3 Å². The maximum absolute atomic E-state index is 5.21. The molecule has 0 aromatic heterocycles. The van der Waals surface area contributed by atoms with E-state index in [-0.39, 0.29) is 0 Å². The Hall–Kier alpha value is -0.860. The largest absolute Gasteiger partial charge is 0.380 e. The summed E-state index contributed by atoms with van der Waals surface area (Å²) in [6.45, 7) is 9.81. The Morgan fingerprint density at radius 2 is 1.65 bits per heavy atom. The third-order valence-corrected chi connectivity index (χ3v) is 2.30. The third kappa shape index (κ3) is 11.4. The van der Waals surface area contributed by atoms with Gasteiger partial charge in [-0.2, -0.15) is 0 Å². The summed E-state index contributed by atoms with van der Waals surface area (Å²) < 4.78 is 5.21. The first-order chi connectivity index (χ1) is 8.35. The molecule has 0 aliphatic rings. The molecule has 1 aromatic rings. The SMILES string of the molecule is CCCC.CCOCCNCc1ccccc1.